The molecule has 0 aromatic heterocycles. The van der Waals surface area contributed by atoms with E-state index < -0.39 is 10.0 Å². The smallest absolute Gasteiger partial charge is 0.207 e. The molecule has 3 rings (SSSR count). The molecule has 27 heavy (non-hydrogen) atoms. The molecule has 4 nitrogen and oxygen atoms in total. The monoisotopic (exact) mass is 402 g/mol. The first kappa shape index (κ1) is 19.9. The molecule has 2 unspecified atom stereocenters. The van der Waals surface area contributed by atoms with Crippen LogP contribution >= 0.6 is 11.6 Å². The highest BCUT2D eigenvalue weighted by Crippen LogP contribution is 2.33. The van der Waals surface area contributed by atoms with Crippen molar-refractivity contribution in [2.24, 2.45) is 5.92 Å². The van der Waals surface area contributed by atoms with E-state index in [1.54, 1.807) is 40.7 Å². The van der Waals surface area contributed by atoms with Crippen LogP contribution in [-0.2, 0) is 16.6 Å². The lowest BCUT2D eigenvalue weighted by Crippen LogP contribution is -2.44. The molecule has 142 valence electrons. The van der Waals surface area contributed by atoms with Crippen molar-refractivity contribution in [3.05, 3.63) is 64.7 Å². The number of halogens is 1. The molecule has 0 saturated heterocycles. The Balaban J connectivity index is 1.98. The van der Waals surface area contributed by atoms with Gasteiger partial charge in [-0.1, -0.05) is 43.5 Å². The van der Waals surface area contributed by atoms with Crippen molar-refractivity contribution >= 4 is 21.6 Å². The summed E-state index contributed by atoms with van der Waals surface area (Å²) >= 11 is 5.94. The lowest BCUT2D eigenvalue weighted by atomic mass is 9.86. The largest absolute Gasteiger partial charge is 0.243 e. The van der Waals surface area contributed by atoms with Gasteiger partial charge in [-0.2, -0.15) is 9.57 Å². The van der Waals surface area contributed by atoms with E-state index in [4.69, 9.17) is 16.9 Å². The quantitative estimate of drug-likeness (QED) is 0.708. The standard InChI is InChI=1S/C21H23ClN2O2S/c1-16-4-2-3-5-21(16)24(15-18-8-6-17(14-23)7-9-18)27(25,26)20-12-10-19(22)11-13-20/h6-13,16,21H,2-5,15H2,1H3. The van der Waals surface area contributed by atoms with Crippen LogP contribution in [0.2, 0.25) is 5.02 Å². The fourth-order valence-electron chi connectivity index (χ4n) is 3.71. The molecule has 1 aliphatic rings. The van der Waals surface area contributed by atoms with Gasteiger partial charge in [-0.25, -0.2) is 8.42 Å². The van der Waals surface area contributed by atoms with E-state index in [2.05, 4.69) is 13.0 Å². The van der Waals surface area contributed by atoms with Gasteiger partial charge in [0.25, 0.3) is 0 Å². The fraction of sp³-hybridized carbons (Fsp3) is 0.381. The second-order valence-electron chi connectivity index (χ2n) is 7.14. The summed E-state index contributed by atoms with van der Waals surface area (Å²) in [7, 11) is -3.65. The molecule has 1 aliphatic carbocycles. The molecular formula is C21H23ClN2O2S. The zero-order valence-electron chi connectivity index (χ0n) is 15.3. The van der Waals surface area contributed by atoms with Crippen LogP contribution in [0.25, 0.3) is 0 Å². The van der Waals surface area contributed by atoms with Crippen molar-refractivity contribution in [2.45, 2.75) is 50.1 Å². The van der Waals surface area contributed by atoms with Crippen LogP contribution in [0.5, 0.6) is 0 Å². The molecule has 0 bridgehead atoms. The third kappa shape index (κ3) is 4.52. The molecule has 6 heteroatoms. The minimum absolute atomic E-state index is 0.0323. The van der Waals surface area contributed by atoms with Gasteiger partial charge in [0.05, 0.1) is 16.5 Å². The maximum absolute atomic E-state index is 13.4. The van der Waals surface area contributed by atoms with E-state index in [0.29, 0.717) is 23.0 Å². The summed E-state index contributed by atoms with van der Waals surface area (Å²) in [5.74, 6) is 0.305. The third-order valence-electron chi connectivity index (χ3n) is 5.28. The van der Waals surface area contributed by atoms with Gasteiger partial charge in [0.1, 0.15) is 0 Å². The van der Waals surface area contributed by atoms with Gasteiger partial charge < -0.3 is 0 Å². The maximum Gasteiger partial charge on any atom is 0.243 e. The molecule has 0 amide bonds. The highest BCUT2D eigenvalue weighted by atomic mass is 35.5. The average molecular weight is 403 g/mol. The van der Waals surface area contributed by atoms with E-state index in [1.807, 2.05) is 12.1 Å². The highest BCUT2D eigenvalue weighted by molar-refractivity contribution is 7.89. The molecular weight excluding hydrogens is 380 g/mol. The second-order valence-corrected chi connectivity index (χ2v) is 9.47. The van der Waals surface area contributed by atoms with Crippen molar-refractivity contribution in [2.75, 3.05) is 0 Å². The van der Waals surface area contributed by atoms with Crippen molar-refractivity contribution in [3.63, 3.8) is 0 Å². The Morgan fingerprint density at radius 3 is 2.30 bits per heavy atom. The summed E-state index contributed by atoms with van der Waals surface area (Å²) in [5.41, 5.74) is 1.45. The minimum Gasteiger partial charge on any atom is -0.207 e. The summed E-state index contributed by atoms with van der Waals surface area (Å²) in [4.78, 5) is 0.262. The number of nitriles is 1. The first-order valence-corrected chi connectivity index (χ1v) is 11.0. The first-order valence-electron chi connectivity index (χ1n) is 9.18. The Kier molecular flexibility index (Phi) is 6.21. The van der Waals surface area contributed by atoms with E-state index >= 15 is 0 Å². The Hall–Kier alpha value is -1.87. The summed E-state index contributed by atoms with van der Waals surface area (Å²) in [5, 5.41) is 9.49. The van der Waals surface area contributed by atoms with Crippen LogP contribution in [-0.4, -0.2) is 18.8 Å². The number of rotatable bonds is 5. The van der Waals surface area contributed by atoms with Crippen LogP contribution < -0.4 is 0 Å². The zero-order valence-corrected chi connectivity index (χ0v) is 16.9. The van der Waals surface area contributed by atoms with Crippen LogP contribution in [0.1, 0.15) is 43.7 Å². The lowest BCUT2D eigenvalue weighted by molar-refractivity contribution is 0.185. The summed E-state index contributed by atoms with van der Waals surface area (Å²) < 4.78 is 28.5. The van der Waals surface area contributed by atoms with Gasteiger partial charge in [0, 0.05) is 17.6 Å². The number of sulfonamides is 1. The van der Waals surface area contributed by atoms with Crippen molar-refractivity contribution in [1.29, 1.82) is 5.26 Å². The molecule has 0 heterocycles. The SMILES string of the molecule is CC1CCCCC1N(Cc1ccc(C#N)cc1)S(=O)(=O)c1ccc(Cl)cc1. The van der Waals surface area contributed by atoms with Crippen molar-refractivity contribution in [3.8, 4) is 6.07 Å². The minimum atomic E-state index is -3.65. The van der Waals surface area contributed by atoms with E-state index in [-0.39, 0.29) is 10.9 Å². The number of hydrogen-bond acceptors (Lipinski definition) is 3. The molecule has 0 aliphatic heterocycles. The highest BCUT2D eigenvalue weighted by Gasteiger charge is 2.35. The number of hydrogen-bond donors (Lipinski definition) is 0. The summed E-state index contributed by atoms with van der Waals surface area (Å²) in [6.45, 7) is 2.43. The zero-order chi connectivity index (χ0) is 19.4. The Morgan fingerprint density at radius 2 is 1.70 bits per heavy atom. The van der Waals surface area contributed by atoms with E-state index in [9.17, 15) is 8.42 Å². The predicted molar refractivity (Wildman–Crippen MR) is 107 cm³/mol. The Labute approximate surface area is 166 Å². The average Bonchev–Trinajstić information content (AvgIpc) is 2.67. The molecule has 1 fully saturated rings. The summed E-state index contributed by atoms with van der Waals surface area (Å²) in [6.07, 6.45) is 4.08. The molecule has 0 N–H and O–H groups in total. The maximum atomic E-state index is 13.4. The molecule has 0 radical (unpaired) electrons. The molecule has 1 saturated carbocycles. The lowest BCUT2D eigenvalue weighted by Gasteiger charge is -2.37. The van der Waals surface area contributed by atoms with Gasteiger partial charge >= 0.3 is 0 Å². The van der Waals surface area contributed by atoms with Crippen molar-refractivity contribution in [1.82, 2.24) is 4.31 Å². The Morgan fingerprint density at radius 1 is 1.07 bits per heavy atom. The van der Waals surface area contributed by atoms with Crippen molar-refractivity contribution < 1.29 is 8.42 Å². The fourth-order valence-corrected chi connectivity index (χ4v) is 5.58. The Bertz CT molecular complexity index is 918. The van der Waals surface area contributed by atoms with Crippen LogP contribution in [0.4, 0.5) is 0 Å². The molecule has 2 atom stereocenters. The first-order chi connectivity index (χ1) is 12.9. The van der Waals surface area contributed by atoms with Crippen LogP contribution in [0.15, 0.2) is 53.4 Å². The summed E-state index contributed by atoms with van der Waals surface area (Å²) in [6, 6.07) is 15.5. The van der Waals surface area contributed by atoms with Gasteiger partial charge in [-0.05, 0) is 60.7 Å². The molecule has 0 spiro atoms. The number of nitrogens with zero attached hydrogens (tertiary/aromatic N) is 2. The van der Waals surface area contributed by atoms with Gasteiger partial charge in [0.2, 0.25) is 10.0 Å². The van der Waals surface area contributed by atoms with Gasteiger partial charge in [0.15, 0.2) is 0 Å². The number of benzene rings is 2. The molecule has 2 aromatic carbocycles. The van der Waals surface area contributed by atoms with Gasteiger partial charge in [-0.3, -0.25) is 0 Å². The third-order valence-corrected chi connectivity index (χ3v) is 7.41. The van der Waals surface area contributed by atoms with Crippen LogP contribution in [0, 0.1) is 17.2 Å². The van der Waals surface area contributed by atoms with E-state index in [1.165, 1.54) is 0 Å². The van der Waals surface area contributed by atoms with Crippen LogP contribution in [0.3, 0.4) is 0 Å². The normalized spacial score (nSPS) is 20.4. The van der Waals surface area contributed by atoms with Gasteiger partial charge in [-0.15, -0.1) is 0 Å². The predicted octanol–water partition coefficient (Wildman–Crippen LogP) is 4.98. The molecule has 2 aromatic rings. The topological polar surface area (TPSA) is 61.2 Å². The second kappa shape index (κ2) is 8.43. The van der Waals surface area contributed by atoms with E-state index in [0.717, 1.165) is 31.2 Å².